The maximum Gasteiger partial charge on any atom is 0.362 e. The lowest BCUT2D eigenvalue weighted by molar-refractivity contribution is -0.423. The Morgan fingerprint density at radius 1 is 0.481 bits per heavy atom. The number of nitro benzene ring substituents is 2. The number of nitrogen functional groups attached to an aromatic ring is 4. The predicted molar refractivity (Wildman–Crippen MR) is 363 cm³/mol. The molecule has 0 atom stereocenters. The first-order valence-corrected chi connectivity index (χ1v) is 35.3. The monoisotopic (exact) mass is 1720 g/mol. The van der Waals surface area contributed by atoms with E-state index >= 15 is 0 Å². The van der Waals surface area contributed by atoms with Crippen molar-refractivity contribution in [3.05, 3.63) is 120 Å². The van der Waals surface area contributed by atoms with E-state index in [1.807, 2.05) is 77.1 Å². The number of halogens is 9. The Morgan fingerprint density at radius 3 is 1.44 bits per heavy atom. The fraction of sp³-hybridized carbons (Fsp3) is 0.143. The van der Waals surface area contributed by atoms with Crippen LogP contribution in [-0.2, 0) is 20.6 Å². The largest absolute Gasteiger partial charge is 0.397 e. The first-order valence-electron chi connectivity index (χ1n) is 21.2. The molecule has 0 aliphatic carbocycles. The van der Waals surface area contributed by atoms with Gasteiger partial charge < -0.3 is 22.9 Å². The zero-order chi connectivity index (χ0) is 59.3. The van der Waals surface area contributed by atoms with Gasteiger partial charge in [-0.2, -0.15) is 52.5 Å². The third-order valence-corrected chi connectivity index (χ3v) is 16.8. The van der Waals surface area contributed by atoms with E-state index in [0.717, 1.165) is 109 Å². The van der Waals surface area contributed by atoms with Gasteiger partial charge >= 0.3 is 11.4 Å². The smallest absolute Gasteiger partial charge is 0.362 e. The zero-order valence-corrected chi connectivity index (χ0v) is 60.0. The number of rotatable bonds is 2. The average Bonchev–Trinajstić information content (AvgIpc) is 4.39. The highest BCUT2D eigenvalue weighted by molar-refractivity contribution is 9.93. The molecule has 0 amide bonds. The second kappa shape index (κ2) is 32.6. The summed E-state index contributed by atoms with van der Waals surface area (Å²) in [6.45, 7) is 11.3. The molecule has 0 saturated carbocycles. The quantitative estimate of drug-likeness (QED) is 0.0540. The summed E-state index contributed by atoms with van der Waals surface area (Å²) in [5.41, 5.74) is 39.2. The van der Waals surface area contributed by atoms with Crippen LogP contribution in [0.2, 0.25) is 0 Å². The summed E-state index contributed by atoms with van der Waals surface area (Å²) < 4.78 is 61.3. The van der Waals surface area contributed by atoms with Crippen molar-refractivity contribution in [1.82, 2.24) is 43.7 Å². The minimum absolute atomic E-state index is 0. The SMILES string of the molecule is Br.BrBr.Cc1c(N)c(N)c(Br)c2nsnc12.Cc1c([N+](=O)[O-])c([N+](=O)[O-])c(Br)c2nsnc12.Cc1c2c(c(Br)c3nsnc13)N=S=N2.Cc1ccc(Br)c2nsnc12.Cc1cccc(N)c1N.Cc1cccc2nsnc12.O=S(Cl)Cl. The van der Waals surface area contributed by atoms with Crippen molar-refractivity contribution in [3.8, 4) is 0 Å². The van der Waals surface area contributed by atoms with Gasteiger partial charge in [0.15, 0.2) is 0 Å². The number of aromatic nitrogens is 10. The summed E-state index contributed by atoms with van der Waals surface area (Å²) in [4.78, 5) is 20.2. The Morgan fingerprint density at radius 2 is 0.914 bits per heavy atom. The standard InChI is InChI=1S/C7H3BrN4O4S.C7H3BrN4S2.C7H7BrN4S.C7H5BrN2S.C7H6N2S.C7H10N2.Br2.BrH.Cl2OS/c1-2-4-5(10-17-9-4)3(8)7(12(15)16)6(2)11(13)14;1-2-4-6(11-13-9-4)3(8)7-5(2)10-14-12-7;1-2-4(9)5(10)3(8)7-6(2)11-13-12-7;1-4-2-3-5(8)7-6(4)9-11-10-7;1-5-3-2-4-6-7(5)9-10-8-6;1-5-3-2-4-6(8)7(5)9;1-2;;1-4(2)3/h1H3;1H3;9-10H2,1H3;2-3H,1H3;2-4H,1H3;2-4H,8-9H2,1H3;;1H;. The molecule has 8 N–H and O–H groups in total. The van der Waals surface area contributed by atoms with Crippen LogP contribution in [0.25, 0.3) is 55.2 Å². The molecule has 23 nitrogen and oxygen atoms in total. The van der Waals surface area contributed by atoms with Crippen LogP contribution in [-0.4, -0.2) is 57.8 Å². The van der Waals surface area contributed by atoms with E-state index in [0.29, 0.717) is 28.3 Å². The highest BCUT2D eigenvalue weighted by Gasteiger charge is 2.35. The predicted octanol–water partition coefficient (Wildman–Crippen LogP) is 17.2. The van der Waals surface area contributed by atoms with Crippen molar-refractivity contribution < 1.29 is 14.1 Å². The van der Waals surface area contributed by atoms with Gasteiger partial charge in [0.1, 0.15) is 71.0 Å². The molecule has 428 valence electrons. The van der Waals surface area contributed by atoms with Gasteiger partial charge in [-0.1, -0.05) is 30.3 Å². The topological polar surface area (TPSA) is 361 Å². The Kier molecular flexibility index (Phi) is 28.1. The van der Waals surface area contributed by atoms with E-state index in [9.17, 15) is 20.2 Å². The number of aryl methyl sites for hydroxylation is 6. The van der Waals surface area contributed by atoms with E-state index in [2.05, 4.69) is 166 Å². The van der Waals surface area contributed by atoms with Gasteiger partial charge in [-0.15, -0.1) is 17.0 Å². The van der Waals surface area contributed by atoms with Crippen LogP contribution < -0.4 is 22.9 Å². The summed E-state index contributed by atoms with van der Waals surface area (Å²) in [6.07, 6.45) is 0. The van der Waals surface area contributed by atoms with E-state index in [-0.39, 0.29) is 32.5 Å². The molecule has 81 heavy (non-hydrogen) atoms. The van der Waals surface area contributed by atoms with Crippen molar-refractivity contribution in [2.45, 2.75) is 41.5 Å². The van der Waals surface area contributed by atoms with Crippen LogP contribution in [0.1, 0.15) is 33.4 Å². The number of hydrogen-bond donors (Lipinski definition) is 4. The highest BCUT2D eigenvalue weighted by Crippen LogP contribution is 2.46. The third-order valence-electron chi connectivity index (χ3n) is 10.7. The molecule has 1 aliphatic heterocycles. The Hall–Kier alpha value is -3.67. The summed E-state index contributed by atoms with van der Waals surface area (Å²) >= 11 is 25.7. The maximum atomic E-state index is 10.9. The molecule has 0 bridgehead atoms. The fourth-order valence-corrected chi connectivity index (χ4v) is 12.9. The molecule has 11 aromatic rings. The van der Waals surface area contributed by atoms with Gasteiger partial charge in [-0.3, -0.25) is 20.2 Å². The Balaban J connectivity index is 0.000000206. The third kappa shape index (κ3) is 17.0. The van der Waals surface area contributed by atoms with Crippen molar-refractivity contribution in [2.24, 2.45) is 8.73 Å². The number of fused-ring (bicyclic) bond motifs is 6. The molecule has 1 aliphatic rings. The number of para-hydroxylation sites is 1. The number of hydrogen-bond acceptors (Lipinski definition) is 26. The van der Waals surface area contributed by atoms with Crippen LogP contribution in [0, 0.1) is 61.8 Å². The second-order valence-electron chi connectivity index (χ2n) is 15.5. The summed E-state index contributed by atoms with van der Waals surface area (Å²) in [7, 11) is 7.36. The molecule has 5 aromatic heterocycles. The van der Waals surface area contributed by atoms with Gasteiger partial charge in [-0.05, 0) is 140 Å². The summed E-state index contributed by atoms with van der Waals surface area (Å²) in [5.74, 6) is 0. The Bertz CT molecular complexity index is 3970. The van der Waals surface area contributed by atoms with Crippen molar-refractivity contribution >= 4 is 310 Å². The molecule has 0 spiro atoms. The lowest BCUT2D eigenvalue weighted by Crippen LogP contribution is -2.01. The minimum Gasteiger partial charge on any atom is -0.397 e. The van der Waals surface area contributed by atoms with Gasteiger partial charge in [-0.25, -0.2) is 4.21 Å². The second-order valence-corrected chi connectivity index (χ2v) is 24.4. The molecular weight excluding hydrogens is 1690 g/mol. The van der Waals surface area contributed by atoms with Crippen LogP contribution >= 0.6 is 189 Å². The normalized spacial score (nSPS) is 10.6. The number of nitrogens with zero attached hydrogens (tertiary/aromatic N) is 14. The fourth-order valence-electron chi connectivity index (χ4n) is 6.61. The molecule has 12 rings (SSSR count). The van der Waals surface area contributed by atoms with Crippen molar-refractivity contribution in [2.75, 3.05) is 22.9 Å². The first kappa shape index (κ1) is 69.8. The minimum atomic E-state index is -1.67. The number of anilines is 4. The lowest BCUT2D eigenvalue weighted by Gasteiger charge is -2.06. The molecule has 6 heterocycles. The van der Waals surface area contributed by atoms with E-state index in [1.165, 1.54) is 64.6 Å². The van der Waals surface area contributed by atoms with Crippen molar-refractivity contribution in [3.63, 3.8) is 0 Å². The summed E-state index contributed by atoms with van der Waals surface area (Å²) in [6, 6.07) is 15.7. The molecular formula is C42H35Br7Cl2N18O5S7. The molecule has 39 heteroatoms. The lowest BCUT2D eigenvalue weighted by atomic mass is 10.1. The van der Waals surface area contributed by atoms with E-state index in [1.54, 1.807) is 6.07 Å². The van der Waals surface area contributed by atoms with Gasteiger partial charge in [0.2, 0.25) is 9.23 Å². The highest BCUT2D eigenvalue weighted by atomic mass is 80.9. The number of benzene rings is 6. The molecule has 0 radical (unpaired) electrons. The molecule has 0 fully saturated rings. The molecule has 0 saturated heterocycles. The van der Waals surface area contributed by atoms with E-state index in [4.69, 9.17) is 27.1 Å². The zero-order valence-electron chi connectivity index (χ0n) is 41.5. The Labute approximate surface area is 554 Å². The van der Waals surface area contributed by atoms with Gasteiger partial charge in [0.25, 0.3) is 0 Å². The molecule has 0 unspecified atom stereocenters. The average molecular weight is 1730 g/mol. The van der Waals surface area contributed by atoms with E-state index < -0.39 is 30.4 Å². The van der Waals surface area contributed by atoms with Crippen LogP contribution in [0.15, 0.2) is 75.1 Å². The number of nitro groups is 2. The van der Waals surface area contributed by atoms with Crippen LogP contribution in [0.5, 0.6) is 0 Å². The first-order chi connectivity index (χ1) is 38.0. The van der Waals surface area contributed by atoms with Crippen LogP contribution in [0.3, 0.4) is 0 Å². The van der Waals surface area contributed by atoms with Gasteiger partial charge in [0, 0.05) is 65.2 Å². The van der Waals surface area contributed by atoms with Gasteiger partial charge in [0.05, 0.1) is 117 Å². The molecule has 6 aromatic carbocycles. The van der Waals surface area contributed by atoms with Crippen LogP contribution in [0.4, 0.5) is 45.5 Å². The summed E-state index contributed by atoms with van der Waals surface area (Å²) in [5, 5.41) is 21.8. The number of nitrogens with two attached hydrogens (primary N) is 4. The van der Waals surface area contributed by atoms with Crippen molar-refractivity contribution in [1.29, 1.82) is 0 Å². The maximum absolute atomic E-state index is 10.9.